The molecule has 0 amide bonds. The number of aromatic amines is 1. The molecule has 2 aromatic rings. The Labute approximate surface area is 112 Å². The number of hydrogen-bond donors (Lipinski definition) is 2. The first-order valence-corrected chi connectivity index (χ1v) is 6.09. The lowest BCUT2D eigenvalue weighted by molar-refractivity contribution is 0.401. The first-order chi connectivity index (χ1) is 9.12. The normalized spacial score (nSPS) is 10.6. The second-order valence-corrected chi connectivity index (χ2v) is 4.40. The van der Waals surface area contributed by atoms with Crippen LogP contribution in [0.4, 0.5) is 0 Å². The first kappa shape index (κ1) is 13.4. The summed E-state index contributed by atoms with van der Waals surface area (Å²) in [6.07, 6.45) is 0. The summed E-state index contributed by atoms with van der Waals surface area (Å²) >= 11 is 0. The Morgan fingerprint density at radius 3 is 2.37 bits per heavy atom. The number of H-pyrrole nitrogens is 1. The van der Waals surface area contributed by atoms with Crippen LogP contribution >= 0.6 is 0 Å². The summed E-state index contributed by atoms with van der Waals surface area (Å²) in [6.45, 7) is 4.41. The van der Waals surface area contributed by atoms with E-state index in [1.807, 2.05) is 26.0 Å². The Hall–Kier alpha value is -2.01. The molecule has 2 rings (SSSR count). The minimum Gasteiger partial charge on any atom is -0.496 e. The van der Waals surface area contributed by atoms with E-state index in [0.717, 1.165) is 39.6 Å². The van der Waals surface area contributed by atoms with Crippen LogP contribution in [0.3, 0.4) is 0 Å². The highest BCUT2D eigenvalue weighted by Crippen LogP contribution is 2.36. The van der Waals surface area contributed by atoms with Gasteiger partial charge in [-0.25, -0.2) is 0 Å². The lowest BCUT2D eigenvalue weighted by Crippen LogP contribution is -1.98. The highest BCUT2D eigenvalue weighted by atomic mass is 16.5. The van der Waals surface area contributed by atoms with Crippen molar-refractivity contribution >= 4 is 0 Å². The molecule has 0 saturated heterocycles. The first-order valence-electron chi connectivity index (χ1n) is 6.09. The van der Waals surface area contributed by atoms with Gasteiger partial charge in [-0.2, -0.15) is 5.10 Å². The standard InChI is InChI=1S/C14H19N3O2/c1-8-5-13(19-4)10(6-12(8)18-3)14-9(2)11(7-15)16-17-14/h5-6H,7,15H2,1-4H3,(H,16,17). The van der Waals surface area contributed by atoms with Crippen molar-refractivity contribution in [2.45, 2.75) is 20.4 Å². The molecule has 1 aromatic heterocycles. The average Bonchev–Trinajstić information content (AvgIpc) is 2.79. The highest BCUT2D eigenvalue weighted by molar-refractivity contribution is 5.73. The van der Waals surface area contributed by atoms with E-state index in [0.29, 0.717) is 6.54 Å². The van der Waals surface area contributed by atoms with Crippen molar-refractivity contribution in [1.82, 2.24) is 10.2 Å². The Morgan fingerprint density at radius 2 is 1.84 bits per heavy atom. The fraction of sp³-hybridized carbons (Fsp3) is 0.357. The van der Waals surface area contributed by atoms with E-state index in [2.05, 4.69) is 10.2 Å². The van der Waals surface area contributed by atoms with E-state index in [1.165, 1.54) is 0 Å². The van der Waals surface area contributed by atoms with Crippen molar-refractivity contribution in [2.75, 3.05) is 14.2 Å². The van der Waals surface area contributed by atoms with Crippen molar-refractivity contribution in [1.29, 1.82) is 0 Å². The summed E-state index contributed by atoms with van der Waals surface area (Å²) in [5, 5.41) is 7.28. The fourth-order valence-corrected chi connectivity index (χ4v) is 2.13. The zero-order valence-electron chi connectivity index (χ0n) is 11.7. The van der Waals surface area contributed by atoms with E-state index < -0.39 is 0 Å². The SMILES string of the molecule is COc1cc(-c2n[nH]c(CN)c2C)c(OC)cc1C. The van der Waals surface area contributed by atoms with Gasteiger partial charge in [-0.15, -0.1) is 0 Å². The van der Waals surface area contributed by atoms with Gasteiger partial charge in [0.25, 0.3) is 0 Å². The average molecular weight is 261 g/mol. The molecule has 0 atom stereocenters. The van der Waals surface area contributed by atoms with Crippen molar-refractivity contribution in [3.05, 3.63) is 29.0 Å². The highest BCUT2D eigenvalue weighted by Gasteiger charge is 2.16. The van der Waals surface area contributed by atoms with Crippen LogP contribution in [-0.2, 0) is 6.54 Å². The Kier molecular flexibility index (Phi) is 3.76. The topological polar surface area (TPSA) is 73.2 Å². The van der Waals surface area contributed by atoms with Crippen molar-refractivity contribution in [3.63, 3.8) is 0 Å². The number of aryl methyl sites for hydroxylation is 1. The van der Waals surface area contributed by atoms with Gasteiger partial charge in [0, 0.05) is 12.1 Å². The minimum absolute atomic E-state index is 0.435. The molecule has 1 heterocycles. The maximum atomic E-state index is 5.67. The largest absolute Gasteiger partial charge is 0.496 e. The van der Waals surface area contributed by atoms with E-state index in [9.17, 15) is 0 Å². The predicted octanol–water partition coefficient (Wildman–Crippen LogP) is 2.17. The van der Waals surface area contributed by atoms with Crippen LogP contribution in [0, 0.1) is 13.8 Å². The molecule has 0 bridgehead atoms. The second-order valence-electron chi connectivity index (χ2n) is 4.40. The summed E-state index contributed by atoms with van der Waals surface area (Å²) in [5.41, 5.74) is 10.4. The van der Waals surface area contributed by atoms with Crippen LogP contribution in [0.2, 0.25) is 0 Å². The lowest BCUT2D eigenvalue weighted by atomic mass is 10.0. The number of benzene rings is 1. The Bertz CT molecular complexity index is 591. The monoisotopic (exact) mass is 261 g/mol. The van der Waals surface area contributed by atoms with E-state index >= 15 is 0 Å². The molecule has 0 aliphatic heterocycles. The van der Waals surface area contributed by atoms with Crippen molar-refractivity contribution < 1.29 is 9.47 Å². The third-order valence-electron chi connectivity index (χ3n) is 3.29. The van der Waals surface area contributed by atoms with E-state index in [-0.39, 0.29) is 0 Å². The summed E-state index contributed by atoms with van der Waals surface area (Å²) in [4.78, 5) is 0. The van der Waals surface area contributed by atoms with E-state index in [4.69, 9.17) is 15.2 Å². The maximum Gasteiger partial charge on any atom is 0.128 e. The van der Waals surface area contributed by atoms with Gasteiger partial charge in [-0.05, 0) is 37.1 Å². The van der Waals surface area contributed by atoms with Crippen LogP contribution in [0.25, 0.3) is 11.3 Å². The zero-order chi connectivity index (χ0) is 14.0. The molecule has 3 N–H and O–H groups in total. The Morgan fingerprint density at radius 1 is 1.16 bits per heavy atom. The van der Waals surface area contributed by atoms with Gasteiger partial charge >= 0.3 is 0 Å². The van der Waals surface area contributed by atoms with Crippen LogP contribution in [-0.4, -0.2) is 24.4 Å². The smallest absolute Gasteiger partial charge is 0.128 e. The summed E-state index contributed by atoms with van der Waals surface area (Å²) in [7, 11) is 3.30. The number of aromatic nitrogens is 2. The lowest BCUT2D eigenvalue weighted by Gasteiger charge is -2.12. The molecular formula is C14H19N3O2. The molecule has 0 aliphatic rings. The molecule has 0 unspecified atom stereocenters. The third kappa shape index (κ3) is 2.29. The summed E-state index contributed by atoms with van der Waals surface area (Å²) < 4.78 is 10.8. The number of nitrogens with one attached hydrogen (secondary N) is 1. The van der Waals surface area contributed by atoms with Crippen LogP contribution < -0.4 is 15.2 Å². The van der Waals surface area contributed by atoms with Crippen LogP contribution in [0.15, 0.2) is 12.1 Å². The van der Waals surface area contributed by atoms with Gasteiger partial charge in [0.05, 0.1) is 25.6 Å². The number of nitrogens with zero attached hydrogens (tertiary/aromatic N) is 1. The molecule has 1 aromatic carbocycles. The van der Waals surface area contributed by atoms with Gasteiger partial charge in [0.2, 0.25) is 0 Å². The van der Waals surface area contributed by atoms with E-state index in [1.54, 1.807) is 14.2 Å². The molecule has 5 nitrogen and oxygen atoms in total. The van der Waals surface area contributed by atoms with Gasteiger partial charge in [0.1, 0.15) is 11.5 Å². The van der Waals surface area contributed by atoms with Gasteiger partial charge < -0.3 is 15.2 Å². The van der Waals surface area contributed by atoms with Crippen LogP contribution in [0.5, 0.6) is 11.5 Å². The van der Waals surface area contributed by atoms with Gasteiger partial charge in [-0.3, -0.25) is 5.10 Å². The molecule has 102 valence electrons. The maximum absolute atomic E-state index is 5.67. The molecule has 0 spiro atoms. The zero-order valence-corrected chi connectivity index (χ0v) is 11.7. The van der Waals surface area contributed by atoms with Crippen LogP contribution in [0.1, 0.15) is 16.8 Å². The number of nitrogens with two attached hydrogens (primary N) is 1. The molecule has 0 fully saturated rings. The second kappa shape index (κ2) is 5.32. The minimum atomic E-state index is 0.435. The number of hydrogen-bond acceptors (Lipinski definition) is 4. The fourth-order valence-electron chi connectivity index (χ4n) is 2.13. The number of methoxy groups -OCH3 is 2. The number of ether oxygens (including phenoxy) is 2. The molecule has 5 heteroatoms. The quantitative estimate of drug-likeness (QED) is 0.884. The molecule has 0 saturated carbocycles. The Balaban J connectivity index is 2.62. The molecule has 19 heavy (non-hydrogen) atoms. The molecule has 0 radical (unpaired) electrons. The van der Waals surface area contributed by atoms with Crippen molar-refractivity contribution in [3.8, 4) is 22.8 Å². The summed E-state index contributed by atoms with van der Waals surface area (Å²) in [6, 6.07) is 3.89. The van der Waals surface area contributed by atoms with Gasteiger partial charge in [-0.1, -0.05) is 0 Å². The third-order valence-corrected chi connectivity index (χ3v) is 3.29. The molecule has 0 aliphatic carbocycles. The van der Waals surface area contributed by atoms with Crippen molar-refractivity contribution in [2.24, 2.45) is 5.73 Å². The number of rotatable bonds is 4. The summed E-state index contributed by atoms with van der Waals surface area (Å²) in [5.74, 6) is 1.59. The van der Waals surface area contributed by atoms with Gasteiger partial charge in [0.15, 0.2) is 0 Å². The predicted molar refractivity (Wildman–Crippen MR) is 74.5 cm³/mol. The molecular weight excluding hydrogens is 242 g/mol.